The average Bonchev–Trinajstić information content (AvgIpc) is 2.80. The molecule has 0 unspecified atom stereocenters. The van der Waals surface area contributed by atoms with Crippen molar-refractivity contribution < 1.29 is 26.3 Å². The van der Waals surface area contributed by atoms with E-state index in [0.717, 1.165) is 24.3 Å². The highest BCUT2D eigenvalue weighted by molar-refractivity contribution is 5.63. The number of halogens is 6. The van der Waals surface area contributed by atoms with Crippen molar-refractivity contribution in [3.05, 3.63) is 78.4 Å². The molecule has 4 nitrogen and oxygen atoms in total. The fourth-order valence-electron chi connectivity index (χ4n) is 4.04. The molecule has 0 bridgehead atoms. The van der Waals surface area contributed by atoms with Crippen molar-refractivity contribution in [2.45, 2.75) is 31.2 Å². The highest BCUT2D eigenvalue weighted by atomic mass is 19.4. The van der Waals surface area contributed by atoms with Crippen molar-refractivity contribution in [1.82, 2.24) is 9.97 Å². The maximum absolute atomic E-state index is 13.0. The standard InChI is InChI=1S/C23H20F6N4/c24-22(25,26)16-1-5-18(6-2-16)32-11-9-20(10-12-32)33(21-13-30-15-31-14-21)19-7-3-17(4-8-19)23(27,28)29/h1-8,13-15,20H,9-12H2. The Kier molecular flexibility index (Phi) is 6.18. The van der Waals surface area contributed by atoms with Gasteiger partial charge in [-0.3, -0.25) is 0 Å². The normalized spacial score (nSPS) is 15.5. The van der Waals surface area contributed by atoms with E-state index in [1.54, 1.807) is 12.4 Å². The van der Waals surface area contributed by atoms with Crippen LogP contribution in [0, 0.1) is 0 Å². The van der Waals surface area contributed by atoms with Gasteiger partial charge in [0.1, 0.15) is 6.33 Å². The first-order valence-electron chi connectivity index (χ1n) is 10.3. The molecule has 0 amide bonds. The molecule has 0 atom stereocenters. The fraction of sp³-hybridized carbons (Fsp3) is 0.304. The first-order valence-corrected chi connectivity index (χ1v) is 10.3. The molecule has 0 N–H and O–H groups in total. The number of rotatable bonds is 4. The molecular formula is C23H20F6N4. The topological polar surface area (TPSA) is 32.3 Å². The van der Waals surface area contributed by atoms with Crippen molar-refractivity contribution in [2.75, 3.05) is 22.9 Å². The van der Waals surface area contributed by atoms with E-state index in [1.165, 1.54) is 30.6 Å². The number of benzene rings is 2. The van der Waals surface area contributed by atoms with Crippen LogP contribution in [0.5, 0.6) is 0 Å². The van der Waals surface area contributed by atoms with Crippen LogP contribution in [-0.2, 0) is 12.4 Å². The number of anilines is 3. The lowest BCUT2D eigenvalue weighted by atomic mass is 10.0. The van der Waals surface area contributed by atoms with Crippen molar-refractivity contribution in [1.29, 1.82) is 0 Å². The summed E-state index contributed by atoms with van der Waals surface area (Å²) in [4.78, 5) is 12.0. The van der Waals surface area contributed by atoms with E-state index in [2.05, 4.69) is 9.97 Å². The number of aromatic nitrogens is 2. The Bertz CT molecular complexity index is 1040. The minimum atomic E-state index is -4.42. The van der Waals surface area contributed by atoms with E-state index >= 15 is 0 Å². The van der Waals surface area contributed by atoms with Gasteiger partial charge in [-0.05, 0) is 61.4 Å². The molecule has 0 spiro atoms. The van der Waals surface area contributed by atoms with E-state index in [9.17, 15) is 26.3 Å². The van der Waals surface area contributed by atoms with E-state index in [-0.39, 0.29) is 6.04 Å². The first-order chi connectivity index (χ1) is 15.6. The highest BCUT2D eigenvalue weighted by Gasteiger charge is 2.32. The van der Waals surface area contributed by atoms with Crippen molar-refractivity contribution in [3.63, 3.8) is 0 Å². The van der Waals surface area contributed by atoms with Gasteiger partial charge in [-0.25, -0.2) is 9.97 Å². The first kappa shape index (κ1) is 22.9. The summed E-state index contributed by atoms with van der Waals surface area (Å²) in [5.74, 6) is 0. The van der Waals surface area contributed by atoms with E-state index < -0.39 is 23.5 Å². The van der Waals surface area contributed by atoms with Crippen LogP contribution in [0.4, 0.5) is 43.4 Å². The molecule has 4 rings (SSSR count). The van der Waals surface area contributed by atoms with Gasteiger partial charge in [-0.15, -0.1) is 0 Å². The summed E-state index contributed by atoms with van der Waals surface area (Å²) in [6, 6.07) is 9.96. The lowest BCUT2D eigenvalue weighted by Crippen LogP contribution is -2.43. The summed E-state index contributed by atoms with van der Waals surface area (Å²) in [6.45, 7) is 1.17. The van der Waals surface area contributed by atoms with E-state index in [1.807, 2.05) is 9.80 Å². The molecule has 0 radical (unpaired) electrons. The predicted molar refractivity (Wildman–Crippen MR) is 112 cm³/mol. The molecule has 1 aliphatic rings. The fourth-order valence-corrected chi connectivity index (χ4v) is 4.04. The van der Waals surface area contributed by atoms with Gasteiger partial charge in [0.2, 0.25) is 0 Å². The summed E-state index contributed by atoms with van der Waals surface area (Å²) < 4.78 is 77.4. The van der Waals surface area contributed by atoms with Gasteiger partial charge < -0.3 is 9.80 Å². The molecular weight excluding hydrogens is 446 g/mol. The predicted octanol–water partition coefficient (Wildman–Crippen LogP) is 6.32. The van der Waals surface area contributed by atoms with Crippen LogP contribution in [0.25, 0.3) is 0 Å². The summed E-state index contributed by atoms with van der Waals surface area (Å²) in [5.41, 5.74) is 0.521. The second-order valence-corrected chi connectivity index (χ2v) is 7.77. The molecule has 3 aromatic rings. The molecule has 2 aromatic carbocycles. The number of hydrogen-bond acceptors (Lipinski definition) is 4. The second kappa shape index (κ2) is 8.92. The van der Waals surface area contributed by atoms with Crippen LogP contribution in [0.15, 0.2) is 67.3 Å². The Morgan fingerprint density at radius 1 is 0.697 bits per heavy atom. The zero-order chi connectivity index (χ0) is 23.6. The lowest BCUT2D eigenvalue weighted by Gasteiger charge is -2.40. The van der Waals surface area contributed by atoms with Crippen LogP contribution in [0.2, 0.25) is 0 Å². The third-order valence-electron chi connectivity index (χ3n) is 5.69. The number of nitrogens with zero attached hydrogens (tertiary/aromatic N) is 4. The third kappa shape index (κ3) is 5.20. The summed E-state index contributed by atoms with van der Waals surface area (Å²) >= 11 is 0. The SMILES string of the molecule is FC(F)(F)c1ccc(N2CCC(N(c3ccc(C(F)(F)F)cc3)c3cncnc3)CC2)cc1. The maximum Gasteiger partial charge on any atom is 0.416 e. The Hall–Kier alpha value is -3.30. The minimum absolute atomic E-state index is 0.0431. The van der Waals surface area contributed by atoms with Gasteiger partial charge in [-0.1, -0.05) is 0 Å². The van der Waals surface area contributed by atoms with Gasteiger partial charge in [0, 0.05) is 30.5 Å². The molecule has 0 aliphatic carbocycles. The summed E-state index contributed by atoms with van der Waals surface area (Å²) in [7, 11) is 0. The third-order valence-corrected chi connectivity index (χ3v) is 5.69. The largest absolute Gasteiger partial charge is 0.416 e. The van der Waals surface area contributed by atoms with Gasteiger partial charge in [0.25, 0.3) is 0 Å². The molecule has 1 aromatic heterocycles. The number of piperidine rings is 1. The zero-order valence-electron chi connectivity index (χ0n) is 17.3. The van der Waals surface area contributed by atoms with Crippen molar-refractivity contribution >= 4 is 17.1 Å². The molecule has 174 valence electrons. The van der Waals surface area contributed by atoms with Gasteiger partial charge in [0.05, 0.1) is 29.2 Å². The monoisotopic (exact) mass is 466 g/mol. The van der Waals surface area contributed by atoms with Crippen LogP contribution < -0.4 is 9.80 Å². The number of alkyl halides is 6. The Morgan fingerprint density at radius 2 is 1.18 bits per heavy atom. The molecule has 0 saturated carbocycles. The van der Waals surface area contributed by atoms with Gasteiger partial charge >= 0.3 is 12.4 Å². The van der Waals surface area contributed by atoms with Crippen LogP contribution >= 0.6 is 0 Å². The van der Waals surface area contributed by atoms with Crippen LogP contribution in [-0.4, -0.2) is 29.1 Å². The van der Waals surface area contributed by atoms with Crippen LogP contribution in [0.1, 0.15) is 24.0 Å². The zero-order valence-corrected chi connectivity index (χ0v) is 17.3. The molecule has 2 heterocycles. The molecule has 1 fully saturated rings. The summed E-state index contributed by atoms with van der Waals surface area (Å²) in [5, 5.41) is 0. The van der Waals surface area contributed by atoms with Crippen LogP contribution in [0.3, 0.4) is 0 Å². The van der Waals surface area contributed by atoms with Gasteiger partial charge in [0.15, 0.2) is 0 Å². The average molecular weight is 466 g/mol. The second-order valence-electron chi connectivity index (χ2n) is 7.77. The highest BCUT2D eigenvalue weighted by Crippen LogP contribution is 2.36. The Balaban J connectivity index is 1.53. The summed E-state index contributed by atoms with van der Waals surface area (Å²) in [6.07, 6.45) is -2.92. The minimum Gasteiger partial charge on any atom is -0.371 e. The van der Waals surface area contributed by atoms with E-state index in [4.69, 9.17) is 0 Å². The number of hydrogen-bond donors (Lipinski definition) is 0. The Morgan fingerprint density at radius 3 is 1.67 bits per heavy atom. The molecule has 1 saturated heterocycles. The quantitative estimate of drug-likeness (QED) is 0.421. The smallest absolute Gasteiger partial charge is 0.371 e. The molecule has 1 aliphatic heterocycles. The lowest BCUT2D eigenvalue weighted by molar-refractivity contribution is -0.138. The molecule has 33 heavy (non-hydrogen) atoms. The van der Waals surface area contributed by atoms with Crippen molar-refractivity contribution in [2.24, 2.45) is 0 Å². The van der Waals surface area contributed by atoms with E-state index in [0.29, 0.717) is 43.0 Å². The molecule has 10 heteroatoms. The van der Waals surface area contributed by atoms with Gasteiger partial charge in [-0.2, -0.15) is 26.3 Å². The maximum atomic E-state index is 13.0. The van der Waals surface area contributed by atoms with Crippen molar-refractivity contribution in [3.8, 4) is 0 Å². The Labute approximate surface area is 186 Å².